The molecular formula is C51H72N8O10. The summed E-state index contributed by atoms with van der Waals surface area (Å²) < 4.78 is 25.2. The molecule has 2 aromatic carbocycles. The molecule has 4 unspecified atom stereocenters. The molecule has 0 radical (unpaired) electrons. The topological polar surface area (TPSA) is 206 Å². The minimum absolute atomic E-state index is 0.213. The van der Waals surface area contributed by atoms with Gasteiger partial charge >= 0.3 is 17.5 Å². The van der Waals surface area contributed by atoms with Crippen LogP contribution in [0, 0.1) is 13.8 Å². The number of aliphatic hydroxyl groups excluding tert-OH is 1. The van der Waals surface area contributed by atoms with Gasteiger partial charge in [-0.05, 0) is 76.6 Å². The predicted molar refractivity (Wildman–Crippen MR) is 261 cm³/mol. The third kappa shape index (κ3) is 14.4. The first-order valence-corrected chi connectivity index (χ1v) is 24.8. The highest BCUT2D eigenvalue weighted by Gasteiger charge is 2.39. The summed E-state index contributed by atoms with van der Waals surface area (Å²) in [6, 6.07) is 22.4. The molecule has 0 saturated carbocycles. The van der Waals surface area contributed by atoms with E-state index < -0.39 is 53.3 Å². The summed E-state index contributed by atoms with van der Waals surface area (Å²) in [5.41, 5.74) is 1.64. The van der Waals surface area contributed by atoms with Gasteiger partial charge in [0, 0.05) is 94.3 Å². The van der Waals surface area contributed by atoms with Gasteiger partial charge in [-0.25, -0.2) is 14.4 Å². The van der Waals surface area contributed by atoms with Crippen molar-refractivity contribution >= 4 is 6.16 Å². The van der Waals surface area contributed by atoms with Gasteiger partial charge in [-0.2, -0.15) is 0 Å². The largest absolute Gasteiger partial charge is 0.508 e. The number of hydrogen-bond acceptors (Lipinski definition) is 14. The first-order chi connectivity index (χ1) is 33.4. The number of carbonyl (C=O) groups is 1. The maximum Gasteiger partial charge on any atom is 0.508 e. The van der Waals surface area contributed by atoms with Crippen LogP contribution in [0.3, 0.4) is 0 Å². The zero-order chi connectivity index (χ0) is 48.9. The number of aliphatic hydroxyl groups is 1. The monoisotopic (exact) mass is 957 g/mol. The number of piperazine rings is 1. The van der Waals surface area contributed by atoms with Crippen molar-refractivity contribution < 1.29 is 28.8 Å². The molecule has 2 aromatic heterocycles. The lowest BCUT2D eigenvalue weighted by Gasteiger charge is -2.37. The number of ether oxygens (including phenoxy) is 4. The van der Waals surface area contributed by atoms with E-state index in [4.69, 9.17) is 18.9 Å². The number of aryl methyl sites for hydroxylation is 2. The van der Waals surface area contributed by atoms with E-state index in [0.29, 0.717) is 49.4 Å². The van der Waals surface area contributed by atoms with Crippen molar-refractivity contribution in [3.63, 3.8) is 0 Å². The highest BCUT2D eigenvalue weighted by atomic mass is 16.7. The number of nitrogens with one attached hydrogen (secondary N) is 3. The lowest BCUT2D eigenvalue weighted by molar-refractivity contribution is -0.0383. The van der Waals surface area contributed by atoms with Gasteiger partial charge in [0.15, 0.2) is 0 Å². The van der Waals surface area contributed by atoms with E-state index in [1.54, 1.807) is 13.8 Å². The zero-order valence-corrected chi connectivity index (χ0v) is 40.6. The van der Waals surface area contributed by atoms with Crippen LogP contribution in [0.15, 0.2) is 92.2 Å². The molecule has 0 bridgehead atoms. The van der Waals surface area contributed by atoms with Crippen molar-refractivity contribution in [3.05, 3.63) is 137 Å². The lowest BCUT2D eigenvalue weighted by Crippen LogP contribution is -2.49. The van der Waals surface area contributed by atoms with E-state index in [1.165, 1.54) is 78.1 Å². The molecule has 18 heteroatoms. The summed E-state index contributed by atoms with van der Waals surface area (Å²) >= 11 is 0. The van der Waals surface area contributed by atoms with Crippen molar-refractivity contribution in [3.8, 4) is 0 Å². The van der Waals surface area contributed by atoms with Gasteiger partial charge < -0.3 is 29.4 Å². The molecule has 5 aliphatic heterocycles. The third-order valence-corrected chi connectivity index (χ3v) is 13.8. The Morgan fingerprint density at radius 2 is 1.41 bits per heavy atom. The number of hydrogen-bond donors (Lipinski definition) is 4. The second kappa shape index (κ2) is 25.1. The molecule has 9 rings (SSSR count). The highest BCUT2D eigenvalue weighted by Crippen LogP contribution is 2.32. The molecule has 18 nitrogen and oxygen atoms in total. The summed E-state index contributed by atoms with van der Waals surface area (Å²) in [6.07, 6.45) is 6.43. The van der Waals surface area contributed by atoms with Gasteiger partial charge in [-0.3, -0.25) is 43.4 Å². The van der Waals surface area contributed by atoms with Gasteiger partial charge in [0.05, 0.1) is 18.3 Å². The Morgan fingerprint density at radius 3 is 2.01 bits per heavy atom. The number of aromatic nitrogens is 4. The van der Waals surface area contributed by atoms with Crippen LogP contribution in [-0.2, 0) is 32.0 Å². The van der Waals surface area contributed by atoms with Crippen LogP contribution >= 0.6 is 0 Å². The number of H-pyrrole nitrogens is 2. The number of benzene rings is 2. The van der Waals surface area contributed by atoms with Gasteiger partial charge in [0.2, 0.25) is 0 Å². The Hall–Kier alpha value is -5.21. The first kappa shape index (κ1) is 51.6. The normalized spacial score (nSPS) is 25.7. The molecule has 8 atom stereocenters. The van der Waals surface area contributed by atoms with E-state index >= 15 is 0 Å². The summed E-state index contributed by atoms with van der Waals surface area (Å²) in [4.78, 5) is 71.4. The molecule has 376 valence electrons. The summed E-state index contributed by atoms with van der Waals surface area (Å²) in [6.45, 7) is 16.9. The van der Waals surface area contributed by atoms with Crippen molar-refractivity contribution in [2.45, 2.75) is 141 Å². The first-order valence-electron chi connectivity index (χ1n) is 24.8. The van der Waals surface area contributed by atoms with Crippen molar-refractivity contribution in [2.75, 3.05) is 52.4 Å². The Labute approximate surface area is 403 Å². The molecule has 5 aliphatic rings. The molecule has 69 heavy (non-hydrogen) atoms. The molecule has 5 saturated heterocycles. The van der Waals surface area contributed by atoms with E-state index in [1.807, 2.05) is 32.0 Å². The highest BCUT2D eigenvalue weighted by molar-refractivity contribution is 5.60. The molecule has 4 N–H and O–H groups in total. The number of rotatable bonds is 14. The number of carbonyl (C=O) groups excluding carboxylic acids is 1. The Morgan fingerprint density at radius 1 is 0.783 bits per heavy atom. The van der Waals surface area contributed by atoms with E-state index in [-0.39, 0.29) is 18.8 Å². The third-order valence-electron chi connectivity index (χ3n) is 13.8. The van der Waals surface area contributed by atoms with E-state index in [9.17, 15) is 29.1 Å². The summed E-state index contributed by atoms with van der Waals surface area (Å²) in [5, 5.41) is 13.3. The Balaban J connectivity index is 0.000000175. The Kier molecular flexibility index (Phi) is 18.8. The fraction of sp³-hybridized carbons (Fsp3) is 0.588. The maximum absolute atomic E-state index is 12.5. The van der Waals surface area contributed by atoms with Crippen LogP contribution in [0.1, 0.15) is 99.9 Å². The van der Waals surface area contributed by atoms with Crippen LogP contribution in [0.4, 0.5) is 4.79 Å². The lowest BCUT2D eigenvalue weighted by atomic mass is 10.1. The number of nitrogens with zero attached hydrogens (tertiary/aromatic N) is 5. The average molecular weight is 957 g/mol. The average Bonchev–Trinajstić information content (AvgIpc) is 4.18. The van der Waals surface area contributed by atoms with Crippen LogP contribution in [-0.4, -0.2) is 134 Å². The van der Waals surface area contributed by atoms with Gasteiger partial charge in [0.1, 0.15) is 25.2 Å². The van der Waals surface area contributed by atoms with Gasteiger partial charge in [-0.15, -0.1) is 0 Å². The van der Waals surface area contributed by atoms with E-state index in [0.717, 1.165) is 38.6 Å². The van der Waals surface area contributed by atoms with Gasteiger partial charge in [-0.1, -0.05) is 74.5 Å². The predicted octanol–water partition coefficient (Wildman–Crippen LogP) is 4.19. The minimum Gasteiger partial charge on any atom is -0.433 e. The quantitative estimate of drug-likeness (QED) is 0.131. The van der Waals surface area contributed by atoms with Crippen LogP contribution in [0.25, 0.3) is 0 Å². The Bertz CT molecular complexity index is 2470. The molecule has 0 aliphatic carbocycles. The maximum atomic E-state index is 12.5. The smallest absolute Gasteiger partial charge is 0.433 e. The van der Waals surface area contributed by atoms with Gasteiger partial charge in [0.25, 0.3) is 11.1 Å². The second-order valence-corrected chi connectivity index (χ2v) is 18.9. The second-order valence-electron chi connectivity index (χ2n) is 18.9. The standard InChI is InChI=1S/C26H36N4O6.C14H20N2.C11H16N2O4/c1-3-21-22(14-23(35-21)30-15-18(2)24(31)28-25(30)32)36-26(33)34-13-12-29(17-20-10-7-11-27-20)16-19-8-5-4-6-9-19;1-2-5-13(6-3-1)11-15-9-10-16-8-4-7-14(16)12-15;1-3-8-7(14)4-9(17-8)13-5-6(2)10(15)12-11(13)16/h4-6,8-9,15,20-23,27H,3,7,10-14,16-17H2,1-2H3,(H,28,31,32);1-3,5-6,14H,4,7-12H2;5,7-9,14H,3-4H2,1-2H3,(H,12,15,16)/t20?,21-,22?,23-;;7?,8-,9-/m1.1/s1. The fourth-order valence-electron chi connectivity index (χ4n) is 9.97. The van der Waals surface area contributed by atoms with E-state index in [2.05, 4.69) is 72.4 Å². The molecule has 0 spiro atoms. The molecule has 5 fully saturated rings. The summed E-state index contributed by atoms with van der Waals surface area (Å²) in [7, 11) is 0. The molecular weight excluding hydrogens is 885 g/mol. The van der Waals surface area contributed by atoms with Crippen molar-refractivity contribution in [2.24, 2.45) is 0 Å². The van der Waals surface area contributed by atoms with Crippen molar-refractivity contribution in [1.29, 1.82) is 0 Å². The minimum atomic E-state index is -0.744. The number of aromatic amines is 2. The number of fused-ring (bicyclic) bond motifs is 1. The van der Waals surface area contributed by atoms with Crippen LogP contribution in [0.5, 0.6) is 0 Å². The SMILES string of the molecule is CC[C@H]1O[C@@H](n2cc(C)c(=O)[nH]c2=O)CC1O.CC[C@H]1O[C@@H](n2cc(C)c(=O)[nH]c2=O)CC1OC(=O)OCCN(Cc1ccccc1)CC1CCCN1.c1ccc(CN2CCN3CCCC3C2)cc1. The van der Waals surface area contributed by atoms with Crippen LogP contribution < -0.4 is 27.8 Å². The molecule has 0 amide bonds. The molecule has 7 heterocycles. The molecule has 4 aromatic rings. The summed E-state index contributed by atoms with van der Waals surface area (Å²) in [5.74, 6) is 0. The zero-order valence-electron chi connectivity index (χ0n) is 40.6. The fourth-order valence-corrected chi connectivity index (χ4v) is 9.97. The van der Waals surface area contributed by atoms with Crippen molar-refractivity contribution in [1.82, 2.24) is 39.1 Å². The van der Waals surface area contributed by atoms with Crippen LogP contribution in [0.2, 0.25) is 0 Å².